The molecule has 2 nitrogen and oxygen atoms in total. The predicted molar refractivity (Wildman–Crippen MR) is 69.1 cm³/mol. The van der Waals surface area contributed by atoms with Crippen LogP contribution in [-0.2, 0) is 12.8 Å². The number of hydrogen-bond donors (Lipinski definition) is 1. The van der Waals surface area contributed by atoms with Crippen molar-refractivity contribution in [2.75, 3.05) is 0 Å². The van der Waals surface area contributed by atoms with Gasteiger partial charge < -0.3 is 4.98 Å². The highest BCUT2D eigenvalue weighted by molar-refractivity contribution is 5.64. The fourth-order valence-corrected chi connectivity index (χ4v) is 2.62. The number of aromatic amines is 1. The number of H-pyrrole nitrogens is 1. The van der Waals surface area contributed by atoms with Crippen molar-refractivity contribution >= 4 is 0 Å². The molecule has 0 unspecified atom stereocenters. The lowest BCUT2D eigenvalue weighted by molar-refractivity contribution is 0.682. The molecular formula is C15H15NO. The van der Waals surface area contributed by atoms with E-state index in [1.54, 1.807) is 6.07 Å². The van der Waals surface area contributed by atoms with Crippen molar-refractivity contribution in [3.8, 4) is 11.3 Å². The number of hydrogen-bond acceptors (Lipinski definition) is 1. The summed E-state index contributed by atoms with van der Waals surface area (Å²) in [5.41, 5.74) is 4.72. The van der Waals surface area contributed by atoms with Crippen LogP contribution in [0.4, 0.5) is 0 Å². The van der Waals surface area contributed by atoms with Crippen LogP contribution in [0.1, 0.15) is 24.0 Å². The van der Waals surface area contributed by atoms with Crippen molar-refractivity contribution in [1.82, 2.24) is 4.98 Å². The Morgan fingerprint density at radius 2 is 1.76 bits per heavy atom. The Labute approximate surface area is 100 Å². The average molecular weight is 225 g/mol. The summed E-state index contributed by atoms with van der Waals surface area (Å²) in [4.78, 5) is 14.7. The molecule has 2 aromatic rings. The van der Waals surface area contributed by atoms with Crippen molar-refractivity contribution in [3.63, 3.8) is 0 Å². The minimum absolute atomic E-state index is 0.0181. The van der Waals surface area contributed by atoms with E-state index in [9.17, 15) is 4.79 Å². The zero-order valence-electron chi connectivity index (χ0n) is 9.70. The highest BCUT2D eigenvalue weighted by atomic mass is 16.1. The molecule has 2 heteroatoms. The van der Waals surface area contributed by atoms with Gasteiger partial charge in [-0.3, -0.25) is 4.79 Å². The number of rotatable bonds is 1. The monoisotopic (exact) mass is 225 g/mol. The standard InChI is InChI=1S/C15H15NO/c17-14-10-12-8-4-5-9-13(12)15(16-14)11-6-2-1-3-7-11/h1-3,6-7,10H,4-5,8-9H2,(H,16,17). The van der Waals surface area contributed by atoms with E-state index in [0.29, 0.717) is 0 Å². The lowest BCUT2D eigenvalue weighted by atomic mass is 9.89. The second-order valence-electron chi connectivity index (χ2n) is 4.59. The molecule has 1 aliphatic carbocycles. The van der Waals surface area contributed by atoms with Gasteiger partial charge in [0.1, 0.15) is 0 Å². The predicted octanol–water partition coefficient (Wildman–Crippen LogP) is 2.92. The first-order valence-electron chi connectivity index (χ1n) is 6.15. The molecule has 0 bridgehead atoms. The number of benzene rings is 1. The average Bonchev–Trinajstić information content (AvgIpc) is 2.39. The summed E-state index contributed by atoms with van der Waals surface area (Å²) in [6, 6.07) is 11.9. The smallest absolute Gasteiger partial charge is 0.248 e. The molecule has 0 aliphatic heterocycles. The van der Waals surface area contributed by atoms with E-state index in [-0.39, 0.29) is 5.56 Å². The highest BCUT2D eigenvalue weighted by Gasteiger charge is 2.15. The van der Waals surface area contributed by atoms with Gasteiger partial charge in [0, 0.05) is 6.07 Å². The van der Waals surface area contributed by atoms with E-state index in [0.717, 1.165) is 24.1 Å². The Morgan fingerprint density at radius 1 is 1.00 bits per heavy atom. The third-order valence-corrected chi connectivity index (χ3v) is 3.43. The van der Waals surface area contributed by atoms with Crippen LogP contribution < -0.4 is 5.56 Å². The normalized spacial score (nSPS) is 14.4. The largest absolute Gasteiger partial charge is 0.322 e. The quantitative estimate of drug-likeness (QED) is 0.795. The Bertz CT molecular complexity index is 584. The first-order valence-corrected chi connectivity index (χ1v) is 6.15. The van der Waals surface area contributed by atoms with Gasteiger partial charge in [0.25, 0.3) is 0 Å². The van der Waals surface area contributed by atoms with Gasteiger partial charge in [-0.2, -0.15) is 0 Å². The summed E-state index contributed by atoms with van der Waals surface area (Å²) < 4.78 is 0. The van der Waals surface area contributed by atoms with Crippen LogP contribution in [-0.4, -0.2) is 4.98 Å². The number of nitrogens with one attached hydrogen (secondary N) is 1. The fourth-order valence-electron chi connectivity index (χ4n) is 2.62. The lowest BCUT2D eigenvalue weighted by Gasteiger charge is -2.18. The zero-order valence-corrected chi connectivity index (χ0v) is 9.70. The minimum atomic E-state index is 0.0181. The molecule has 0 saturated heterocycles. The Kier molecular flexibility index (Phi) is 2.56. The summed E-state index contributed by atoms with van der Waals surface area (Å²) in [5.74, 6) is 0. The third kappa shape index (κ3) is 1.91. The topological polar surface area (TPSA) is 32.9 Å². The third-order valence-electron chi connectivity index (χ3n) is 3.43. The van der Waals surface area contributed by atoms with Gasteiger partial charge in [0.2, 0.25) is 5.56 Å². The van der Waals surface area contributed by atoms with E-state index < -0.39 is 0 Å². The maximum atomic E-state index is 11.7. The van der Waals surface area contributed by atoms with E-state index in [1.165, 1.54) is 24.0 Å². The van der Waals surface area contributed by atoms with Gasteiger partial charge in [-0.25, -0.2) is 0 Å². The van der Waals surface area contributed by atoms with Crippen molar-refractivity contribution in [1.29, 1.82) is 0 Å². The second kappa shape index (κ2) is 4.21. The van der Waals surface area contributed by atoms with Crippen LogP contribution in [0.25, 0.3) is 11.3 Å². The van der Waals surface area contributed by atoms with Crippen molar-refractivity contribution < 1.29 is 0 Å². The molecule has 1 heterocycles. The molecule has 0 amide bonds. The van der Waals surface area contributed by atoms with Crippen LogP contribution in [0.15, 0.2) is 41.2 Å². The van der Waals surface area contributed by atoms with Gasteiger partial charge in [-0.05, 0) is 42.4 Å². The van der Waals surface area contributed by atoms with E-state index >= 15 is 0 Å². The van der Waals surface area contributed by atoms with Crippen molar-refractivity contribution in [2.45, 2.75) is 25.7 Å². The van der Waals surface area contributed by atoms with Crippen molar-refractivity contribution in [2.24, 2.45) is 0 Å². The summed E-state index contributed by atoms with van der Waals surface area (Å²) in [5, 5.41) is 0. The fraction of sp³-hybridized carbons (Fsp3) is 0.267. The molecule has 1 aromatic heterocycles. The number of pyridine rings is 1. The molecule has 0 radical (unpaired) electrons. The molecule has 0 fully saturated rings. The SMILES string of the molecule is O=c1cc2c(c(-c3ccccc3)[nH]1)CCCC2. The van der Waals surface area contributed by atoms with Gasteiger partial charge in [0.05, 0.1) is 5.69 Å². The van der Waals surface area contributed by atoms with E-state index in [4.69, 9.17) is 0 Å². The summed E-state index contributed by atoms with van der Waals surface area (Å²) in [7, 11) is 0. The molecule has 3 rings (SSSR count). The van der Waals surface area contributed by atoms with Crippen LogP contribution >= 0.6 is 0 Å². The van der Waals surface area contributed by atoms with Crippen LogP contribution in [0.5, 0.6) is 0 Å². The Morgan fingerprint density at radius 3 is 2.59 bits per heavy atom. The number of aryl methyl sites for hydroxylation is 1. The summed E-state index contributed by atoms with van der Waals surface area (Å²) in [6.07, 6.45) is 4.54. The Balaban J connectivity index is 2.22. The lowest BCUT2D eigenvalue weighted by Crippen LogP contribution is -2.14. The molecular weight excluding hydrogens is 210 g/mol. The van der Waals surface area contributed by atoms with Gasteiger partial charge >= 0.3 is 0 Å². The van der Waals surface area contributed by atoms with Gasteiger partial charge in [-0.15, -0.1) is 0 Å². The maximum absolute atomic E-state index is 11.7. The van der Waals surface area contributed by atoms with Crippen molar-refractivity contribution in [3.05, 3.63) is 57.9 Å². The van der Waals surface area contributed by atoms with Crippen LogP contribution in [0.3, 0.4) is 0 Å². The van der Waals surface area contributed by atoms with Gasteiger partial charge in [0.15, 0.2) is 0 Å². The zero-order chi connectivity index (χ0) is 11.7. The minimum Gasteiger partial charge on any atom is -0.322 e. The molecule has 0 atom stereocenters. The molecule has 1 N–H and O–H groups in total. The maximum Gasteiger partial charge on any atom is 0.248 e. The first kappa shape index (κ1) is 10.3. The van der Waals surface area contributed by atoms with E-state index in [2.05, 4.69) is 17.1 Å². The highest BCUT2D eigenvalue weighted by Crippen LogP contribution is 2.28. The molecule has 0 spiro atoms. The molecule has 0 saturated carbocycles. The van der Waals surface area contributed by atoms with Crippen LogP contribution in [0.2, 0.25) is 0 Å². The summed E-state index contributed by atoms with van der Waals surface area (Å²) in [6.45, 7) is 0. The Hall–Kier alpha value is -1.83. The molecule has 1 aliphatic rings. The van der Waals surface area contributed by atoms with Gasteiger partial charge in [-0.1, -0.05) is 30.3 Å². The molecule has 86 valence electrons. The van der Waals surface area contributed by atoms with Crippen LogP contribution in [0, 0.1) is 0 Å². The van der Waals surface area contributed by atoms with E-state index in [1.807, 2.05) is 18.2 Å². The number of aromatic nitrogens is 1. The molecule has 1 aromatic carbocycles. The number of fused-ring (bicyclic) bond motifs is 1. The summed E-state index contributed by atoms with van der Waals surface area (Å²) >= 11 is 0. The second-order valence-corrected chi connectivity index (χ2v) is 4.59. The molecule has 17 heavy (non-hydrogen) atoms. The first-order chi connectivity index (χ1) is 8.34.